The molecule has 1 aliphatic carbocycles. The Bertz CT molecular complexity index is 638. The Labute approximate surface area is 136 Å². The van der Waals surface area contributed by atoms with Gasteiger partial charge < -0.3 is 15.2 Å². The van der Waals surface area contributed by atoms with Crippen LogP contribution in [-0.4, -0.2) is 22.4 Å². The van der Waals surface area contributed by atoms with Gasteiger partial charge in [0, 0.05) is 24.8 Å². The van der Waals surface area contributed by atoms with Crippen molar-refractivity contribution in [2.45, 2.75) is 52.6 Å². The van der Waals surface area contributed by atoms with Crippen molar-refractivity contribution in [3.63, 3.8) is 0 Å². The number of amides is 2. The van der Waals surface area contributed by atoms with Gasteiger partial charge in [0.1, 0.15) is 0 Å². The Kier molecular flexibility index (Phi) is 5.58. The number of hydrogen-bond acceptors (Lipinski definition) is 3. The first-order valence-corrected chi connectivity index (χ1v) is 8.23. The van der Waals surface area contributed by atoms with E-state index in [4.69, 9.17) is 0 Å². The number of anilines is 1. The summed E-state index contributed by atoms with van der Waals surface area (Å²) in [7, 11) is 0. The Balaban J connectivity index is 1.95. The molecule has 0 unspecified atom stereocenters. The molecule has 6 nitrogen and oxygen atoms in total. The van der Waals surface area contributed by atoms with Crippen LogP contribution in [0.4, 0.5) is 5.69 Å². The molecule has 0 saturated heterocycles. The molecular formula is C17H25N3O3. The first-order valence-electron chi connectivity index (χ1n) is 8.23. The molecule has 3 atom stereocenters. The van der Waals surface area contributed by atoms with Crippen LogP contribution in [0.1, 0.15) is 40.0 Å². The van der Waals surface area contributed by atoms with Crippen molar-refractivity contribution in [3.05, 3.63) is 28.7 Å². The minimum absolute atomic E-state index is 0.0500. The zero-order chi connectivity index (χ0) is 17.0. The second-order valence-corrected chi connectivity index (χ2v) is 6.47. The molecule has 1 aromatic heterocycles. The van der Waals surface area contributed by atoms with Crippen LogP contribution in [0.25, 0.3) is 0 Å². The smallest absolute Gasteiger partial charge is 0.313 e. The third-order valence-corrected chi connectivity index (χ3v) is 4.54. The van der Waals surface area contributed by atoms with Crippen LogP contribution in [0.3, 0.4) is 0 Å². The second-order valence-electron chi connectivity index (χ2n) is 6.47. The van der Waals surface area contributed by atoms with Crippen LogP contribution in [0.2, 0.25) is 0 Å². The van der Waals surface area contributed by atoms with Crippen molar-refractivity contribution in [3.8, 4) is 0 Å². The average molecular weight is 319 g/mol. The van der Waals surface area contributed by atoms with E-state index in [1.807, 2.05) is 6.92 Å². The molecule has 1 aromatic rings. The quantitative estimate of drug-likeness (QED) is 0.833. The van der Waals surface area contributed by atoms with Crippen LogP contribution in [0.15, 0.2) is 23.1 Å². The highest BCUT2D eigenvalue weighted by molar-refractivity contribution is 6.39. The first-order chi connectivity index (χ1) is 10.9. The van der Waals surface area contributed by atoms with E-state index in [-0.39, 0.29) is 11.6 Å². The van der Waals surface area contributed by atoms with E-state index >= 15 is 0 Å². The van der Waals surface area contributed by atoms with Gasteiger partial charge in [-0.1, -0.05) is 13.8 Å². The Morgan fingerprint density at radius 3 is 2.61 bits per heavy atom. The van der Waals surface area contributed by atoms with Gasteiger partial charge in [-0.15, -0.1) is 0 Å². The molecule has 0 bridgehead atoms. The molecule has 1 aliphatic rings. The summed E-state index contributed by atoms with van der Waals surface area (Å²) in [6.45, 7) is 6.66. The molecule has 23 heavy (non-hydrogen) atoms. The lowest BCUT2D eigenvalue weighted by Gasteiger charge is -2.32. The van der Waals surface area contributed by atoms with E-state index < -0.39 is 11.8 Å². The monoisotopic (exact) mass is 319 g/mol. The van der Waals surface area contributed by atoms with E-state index in [9.17, 15) is 14.4 Å². The van der Waals surface area contributed by atoms with Crippen LogP contribution in [-0.2, 0) is 16.1 Å². The molecule has 1 fully saturated rings. The molecule has 2 N–H and O–H groups in total. The van der Waals surface area contributed by atoms with Gasteiger partial charge in [-0.05, 0) is 44.1 Å². The maximum Gasteiger partial charge on any atom is 0.313 e. The molecule has 0 spiro atoms. The number of aromatic nitrogens is 1. The third kappa shape index (κ3) is 4.43. The van der Waals surface area contributed by atoms with Gasteiger partial charge in [-0.2, -0.15) is 0 Å². The molecule has 6 heteroatoms. The molecule has 0 aromatic carbocycles. The number of pyridine rings is 1. The van der Waals surface area contributed by atoms with Gasteiger partial charge in [0.25, 0.3) is 5.56 Å². The number of carbonyl (C=O) groups excluding carboxylic acids is 2. The summed E-state index contributed by atoms with van der Waals surface area (Å²) < 4.78 is 1.47. The Morgan fingerprint density at radius 2 is 1.96 bits per heavy atom. The molecule has 126 valence electrons. The highest BCUT2D eigenvalue weighted by atomic mass is 16.2. The number of carbonyl (C=O) groups is 2. The van der Waals surface area contributed by atoms with Gasteiger partial charge >= 0.3 is 11.8 Å². The van der Waals surface area contributed by atoms with Gasteiger partial charge in [0.2, 0.25) is 0 Å². The Morgan fingerprint density at radius 1 is 1.22 bits per heavy atom. The maximum absolute atomic E-state index is 12.1. The van der Waals surface area contributed by atoms with Gasteiger partial charge in [0.15, 0.2) is 0 Å². The van der Waals surface area contributed by atoms with Crippen LogP contribution in [0, 0.1) is 11.8 Å². The average Bonchev–Trinajstić information content (AvgIpc) is 2.51. The highest BCUT2D eigenvalue weighted by Gasteiger charge is 2.28. The van der Waals surface area contributed by atoms with E-state index in [2.05, 4.69) is 24.5 Å². The fourth-order valence-corrected chi connectivity index (χ4v) is 3.15. The summed E-state index contributed by atoms with van der Waals surface area (Å²) in [5, 5.41) is 5.38. The lowest BCUT2D eigenvalue weighted by Crippen LogP contribution is -2.46. The second kappa shape index (κ2) is 7.44. The van der Waals surface area contributed by atoms with E-state index in [1.165, 1.54) is 16.7 Å². The summed E-state index contributed by atoms with van der Waals surface area (Å²) in [6.07, 6.45) is 4.58. The van der Waals surface area contributed by atoms with E-state index in [0.717, 1.165) is 19.3 Å². The topological polar surface area (TPSA) is 80.2 Å². The van der Waals surface area contributed by atoms with Crippen molar-refractivity contribution >= 4 is 17.5 Å². The fourth-order valence-electron chi connectivity index (χ4n) is 3.15. The van der Waals surface area contributed by atoms with Crippen molar-refractivity contribution in [1.29, 1.82) is 0 Å². The molecule has 0 radical (unpaired) electrons. The largest absolute Gasteiger partial charge is 0.345 e. The summed E-state index contributed by atoms with van der Waals surface area (Å²) in [5.74, 6) is -0.276. The van der Waals surface area contributed by atoms with Crippen LogP contribution < -0.4 is 16.2 Å². The first kappa shape index (κ1) is 17.2. The number of rotatable bonds is 3. The Hall–Kier alpha value is -2.11. The maximum atomic E-state index is 12.1. The number of nitrogens with zero attached hydrogens (tertiary/aromatic N) is 1. The summed E-state index contributed by atoms with van der Waals surface area (Å²) in [4.78, 5) is 35.6. The van der Waals surface area contributed by atoms with Crippen molar-refractivity contribution in [2.75, 3.05) is 5.32 Å². The van der Waals surface area contributed by atoms with Gasteiger partial charge in [-0.25, -0.2) is 0 Å². The minimum Gasteiger partial charge on any atom is -0.345 e. The van der Waals surface area contributed by atoms with Gasteiger partial charge in [-0.3, -0.25) is 14.4 Å². The third-order valence-electron chi connectivity index (χ3n) is 4.54. The van der Waals surface area contributed by atoms with Gasteiger partial charge in [0.05, 0.1) is 5.69 Å². The lowest BCUT2D eigenvalue weighted by molar-refractivity contribution is -0.137. The van der Waals surface area contributed by atoms with E-state index in [1.54, 1.807) is 6.20 Å². The van der Waals surface area contributed by atoms with Crippen molar-refractivity contribution < 1.29 is 9.59 Å². The molecule has 2 amide bonds. The summed E-state index contributed by atoms with van der Waals surface area (Å²) >= 11 is 0. The molecule has 1 saturated carbocycles. The van der Waals surface area contributed by atoms with E-state index in [0.29, 0.717) is 24.1 Å². The molecule has 0 aliphatic heterocycles. The number of hydrogen-bond donors (Lipinski definition) is 2. The zero-order valence-corrected chi connectivity index (χ0v) is 14.0. The SMILES string of the molecule is CCn1cc(NC(=O)C(=O)N[C@@H]2CC[C@@H](C)C[C@@H]2C)ccc1=O. The number of aryl methyl sites for hydroxylation is 1. The molecular weight excluding hydrogens is 294 g/mol. The normalized spacial score (nSPS) is 24.0. The van der Waals surface area contributed by atoms with Crippen LogP contribution >= 0.6 is 0 Å². The lowest BCUT2D eigenvalue weighted by atomic mass is 9.80. The molecule has 1 heterocycles. The fraction of sp³-hybridized carbons (Fsp3) is 0.588. The zero-order valence-electron chi connectivity index (χ0n) is 14.0. The molecule has 2 rings (SSSR count). The van der Waals surface area contributed by atoms with Crippen LogP contribution in [0.5, 0.6) is 0 Å². The number of nitrogens with one attached hydrogen (secondary N) is 2. The van der Waals surface area contributed by atoms with Crippen molar-refractivity contribution in [1.82, 2.24) is 9.88 Å². The predicted molar refractivity (Wildman–Crippen MR) is 89.1 cm³/mol. The standard InChI is InChI=1S/C17H25N3O3/c1-4-20-10-13(6-8-15(20)21)18-16(22)17(23)19-14-7-5-11(2)9-12(14)3/h6,8,10-12,14H,4-5,7,9H2,1-3H3,(H,18,22)(H,19,23)/t11-,12+,14-/m1/s1. The summed E-state index contributed by atoms with van der Waals surface area (Å²) in [5.41, 5.74) is 0.303. The predicted octanol–water partition coefficient (Wildman–Crippen LogP) is 1.75. The highest BCUT2D eigenvalue weighted by Crippen LogP contribution is 2.28. The minimum atomic E-state index is -0.697. The van der Waals surface area contributed by atoms with Crippen molar-refractivity contribution in [2.24, 2.45) is 11.8 Å². The summed E-state index contributed by atoms with van der Waals surface area (Å²) in [6, 6.07) is 2.93.